The van der Waals surface area contributed by atoms with Gasteiger partial charge >= 0.3 is 0 Å². The maximum atomic E-state index is 6.26. The maximum Gasteiger partial charge on any atom is 0.241 e. The molecule has 3 rings (SSSR count). The minimum Gasteiger partial charge on any atom is -0.548 e. The van der Waals surface area contributed by atoms with Crippen molar-refractivity contribution in [3.8, 4) is 0 Å². The molecule has 0 aliphatic rings. The smallest absolute Gasteiger partial charge is 0.241 e. The van der Waals surface area contributed by atoms with Crippen LogP contribution in [0.1, 0.15) is 6.92 Å². The monoisotopic (exact) mass is 405 g/mol. The highest BCUT2D eigenvalue weighted by Gasteiger charge is 2.44. The van der Waals surface area contributed by atoms with Crippen molar-refractivity contribution in [3.05, 3.63) is 103 Å². The molecule has 144 valence electrons. The molecule has 0 unspecified atom stereocenters. The molecule has 0 N–H and O–H groups in total. The molecule has 0 saturated heterocycles. The summed E-state index contributed by atoms with van der Waals surface area (Å²) >= 11 is 0. The van der Waals surface area contributed by atoms with Crippen LogP contribution in [0.3, 0.4) is 0 Å². The van der Waals surface area contributed by atoms with Crippen LogP contribution < -0.4 is 15.9 Å². The third-order valence-electron chi connectivity index (χ3n) is 4.71. The lowest BCUT2D eigenvalue weighted by molar-refractivity contribution is 0.423. The summed E-state index contributed by atoms with van der Waals surface area (Å²) in [7, 11) is -3.42. The van der Waals surface area contributed by atoms with E-state index in [0.29, 0.717) is 0 Å². The number of benzene rings is 3. The summed E-state index contributed by atoms with van der Waals surface area (Å²) in [4.78, 5) is 0. The fraction of sp³-hybridized carbons (Fsp3) is 0.200. The predicted molar refractivity (Wildman–Crippen MR) is 128 cm³/mol. The van der Waals surface area contributed by atoms with E-state index >= 15 is 0 Å². The molecule has 1 nitrogen and oxygen atoms in total. The van der Waals surface area contributed by atoms with Gasteiger partial charge in [-0.05, 0) is 69.0 Å². The topological polar surface area (TPSA) is 9.23 Å². The van der Waals surface area contributed by atoms with Gasteiger partial charge < -0.3 is 4.43 Å². The van der Waals surface area contributed by atoms with Crippen LogP contribution >= 0.6 is 7.26 Å². The van der Waals surface area contributed by atoms with Crippen molar-refractivity contribution in [2.45, 2.75) is 26.6 Å². The van der Waals surface area contributed by atoms with Gasteiger partial charge in [0, 0.05) is 0 Å². The Hall–Kier alpha value is -2.15. The summed E-state index contributed by atoms with van der Waals surface area (Å²) < 4.78 is 6.26. The number of allylic oxidation sites excluding steroid dienone is 2. The lowest BCUT2D eigenvalue weighted by atomic mass is 10.4. The van der Waals surface area contributed by atoms with Crippen LogP contribution in [-0.4, -0.2) is 14.5 Å². The van der Waals surface area contributed by atoms with Crippen molar-refractivity contribution < 1.29 is 4.43 Å². The zero-order valence-corrected chi connectivity index (χ0v) is 19.2. The van der Waals surface area contributed by atoms with E-state index in [9.17, 15) is 0 Å². The van der Waals surface area contributed by atoms with E-state index in [4.69, 9.17) is 4.43 Å². The Morgan fingerprint density at radius 1 is 0.714 bits per heavy atom. The van der Waals surface area contributed by atoms with Crippen molar-refractivity contribution in [3.63, 3.8) is 0 Å². The molecule has 0 amide bonds. The lowest BCUT2D eigenvalue weighted by Crippen LogP contribution is -2.33. The molecular weight excluding hydrogens is 375 g/mol. The van der Waals surface area contributed by atoms with E-state index in [1.54, 1.807) is 0 Å². The number of hydrogen-bond donors (Lipinski definition) is 0. The molecule has 3 aromatic carbocycles. The van der Waals surface area contributed by atoms with E-state index in [1.165, 1.54) is 15.9 Å². The lowest BCUT2D eigenvalue weighted by Gasteiger charge is -2.27. The van der Waals surface area contributed by atoms with E-state index in [-0.39, 0.29) is 0 Å². The Morgan fingerprint density at radius 3 is 1.39 bits per heavy atom. The minimum atomic E-state index is -1.81. The van der Waals surface area contributed by atoms with Crippen molar-refractivity contribution >= 4 is 31.5 Å². The average Bonchev–Trinajstić information content (AvgIpc) is 2.70. The van der Waals surface area contributed by atoms with Crippen molar-refractivity contribution in [1.82, 2.24) is 0 Å². The highest BCUT2D eigenvalue weighted by Crippen LogP contribution is 2.55. The zero-order valence-electron chi connectivity index (χ0n) is 17.3. The Kier molecular flexibility index (Phi) is 6.54. The molecule has 3 aromatic rings. The minimum absolute atomic E-state index is 0.960. The van der Waals surface area contributed by atoms with Crippen LogP contribution in [0.25, 0.3) is 0 Å². The van der Waals surface area contributed by atoms with Gasteiger partial charge in [-0.2, -0.15) is 0 Å². The Balaban J connectivity index is 2.18. The summed E-state index contributed by atoms with van der Waals surface area (Å²) in [6, 6.07) is 33.0. The SMILES string of the molecule is C/C(=C/C[P+](c1ccccc1)(c1ccccc1)c1ccccc1)O[Si](C)(C)C. The Bertz CT molecular complexity index is 803. The summed E-state index contributed by atoms with van der Waals surface area (Å²) in [6.07, 6.45) is 3.28. The zero-order chi connectivity index (χ0) is 20.0. The van der Waals surface area contributed by atoms with Gasteiger partial charge in [0.1, 0.15) is 23.2 Å². The largest absolute Gasteiger partial charge is 0.548 e. The van der Waals surface area contributed by atoms with Gasteiger partial charge in [0.2, 0.25) is 8.32 Å². The highest BCUT2D eigenvalue weighted by atomic mass is 31.2. The molecule has 0 heterocycles. The van der Waals surface area contributed by atoms with Crippen LogP contribution in [-0.2, 0) is 4.43 Å². The third-order valence-corrected chi connectivity index (χ3v) is 9.91. The molecule has 0 spiro atoms. The second-order valence-electron chi connectivity index (χ2n) is 8.03. The van der Waals surface area contributed by atoms with Gasteiger partial charge in [0.15, 0.2) is 0 Å². The van der Waals surface area contributed by atoms with Crippen LogP contribution in [0.4, 0.5) is 0 Å². The molecule has 3 heteroatoms. The Labute approximate surface area is 171 Å². The van der Waals surface area contributed by atoms with Crippen LogP contribution in [0.15, 0.2) is 103 Å². The Morgan fingerprint density at radius 2 is 1.07 bits per heavy atom. The fourth-order valence-corrected chi connectivity index (χ4v) is 8.75. The average molecular weight is 406 g/mol. The second kappa shape index (κ2) is 8.90. The van der Waals surface area contributed by atoms with Gasteiger partial charge in [-0.15, -0.1) is 0 Å². The maximum absolute atomic E-state index is 6.26. The molecule has 0 aromatic heterocycles. The quantitative estimate of drug-likeness (QED) is 0.277. The standard InChI is InChI=1S/C25H30OPSi/c1-22(26-28(2,3)4)20-21-27(23-14-8-5-9-15-23,24-16-10-6-11-17-24)25-18-12-7-13-19-25/h5-20H,21H2,1-4H3/q+1/b22-20-. The van der Waals surface area contributed by atoms with Gasteiger partial charge in [0.05, 0.1) is 11.9 Å². The predicted octanol–water partition coefficient (Wildman–Crippen LogP) is 5.74. The third kappa shape index (κ3) is 4.81. The summed E-state index contributed by atoms with van der Waals surface area (Å²) in [6.45, 7) is 8.81. The molecule has 28 heavy (non-hydrogen) atoms. The van der Waals surface area contributed by atoms with E-state index in [1.807, 2.05) is 0 Å². The van der Waals surface area contributed by atoms with E-state index < -0.39 is 15.6 Å². The first-order valence-electron chi connectivity index (χ1n) is 9.82. The van der Waals surface area contributed by atoms with Crippen molar-refractivity contribution in [1.29, 1.82) is 0 Å². The number of hydrogen-bond acceptors (Lipinski definition) is 1. The van der Waals surface area contributed by atoms with Crippen LogP contribution in [0.2, 0.25) is 19.6 Å². The van der Waals surface area contributed by atoms with E-state index in [0.717, 1.165) is 11.9 Å². The molecular formula is C25H30OPSi+. The first kappa shape index (κ1) is 20.6. The first-order valence-corrected chi connectivity index (χ1v) is 15.2. The number of rotatable bonds is 7. The van der Waals surface area contributed by atoms with Gasteiger partial charge in [-0.25, -0.2) is 0 Å². The second-order valence-corrected chi connectivity index (χ2v) is 16.0. The molecule has 0 radical (unpaired) electrons. The normalized spacial score (nSPS) is 12.6. The van der Waals surface area contributed by atoms with Crippen LogP contribution in [0, 0.1) is 0 Å². The molecule has 0 bridgehead atoms. The van der Waals surface area contributed by atoms with E-state index in [2.05, 4.69) is 124 Å². The van der Waals surface area contributed by atoms with Gasteiger partial charge in [-0.1, -0.05) is 54.6 Å². The molecule has 0 aliphatic heterocycles. The summed E-state index contributed by atoms with van der Waals surface area (Å²) in [5.74, 6) is 1.05. The first-order chi connectivity index (χ1) is 13.4. The summed E-state index contributed by atoms with van der Waals surface area (Å²) in [5.41, 5.74) is 0. The van der Waals surface area contributed by atoms with Crippen LogP contribution in [0.5, 0.6) is 0 Å². The highest BCUT2D eigenvalue weighted by molar-refractivity contribution is 7.95. The van der Waals surface area contributed by atoms with Gasteiger partial charge in [-0.3, -0.25) is 0 Å². The van der Waals surface area contributed by atoms with Crippen molar-refractivity contribution in [2.24, 2.45) is 0 Å². The molecule has 0 aliphatic carbocycles. The summed E-state index contributed by atoms with van der Waals surface area (Å²) in [5, 5.41) is 4.22. The molecule has 0 saturated carbocycles. The van der Waals surface area contributed by atoms with Crippen molar-refractivity contribution in [2.75, 3.05) is 6.16 Å². The fourth-order valence-electron chi connectivity index (χ4n) is 3.60. The van der Waals surface area contributed by atoms with Gasteiger partial charge in [0.25, 0.3) is 0 Å². The molecule has 0 fully saturated rings. The molecule has 0 atom stereocenters.